The Labute approximate surface area is 85.3 Å². The molecule has 1 N–H and O–H groups in total. The van der Waals surface area contributed by atoms with E-state index in [1.165, 1.54) is 0 Å². The van der Waals surface area contributed by atoms with Crippen LogP contribution in [0.2, 0.25) is 0 Å². The minimum Gasteiger partial charge on any atom is -0.362 e. The van der Waals surface area contributed by atoms with E-state index in [1.807, 2.05) is 6.92 Å². The fraction of sp³-hybridized carbons (Fsp3) is 0.800. The SMILES string of the molecule is CCC(NC(=S)S)OC.[Zn]. The molecule has 5 heteroatoms. The van der Waals surface area contributed by atoms with Crippen LogP contribution in [0.5, 0.6) is 0 Å². The van der Waals surface area contributed by atoms with E-state index in [1.54, 1.807) is 7.11 Å². The third-order valence-electron chi connectivity index (χ3n) is 0.940. The van der Waals surface area contributed by atoms with Gasteiger partial charge in [0.15, 0.2) is 0 Å². The smallest absolute Gasteiger partial charge is 0.132 e. The van der Waals surface area contributed by atoms with E-state index in [0.717, 1.165) is 6.42 Å². The van der Waals surface area contributed by atoms with Crippen molar-refractivity contribution in [3.63, 3.8) is 0 Å². The van der Waals surface area contributed by atoms with Gasteiger partial charge in [0.25, 0.3) is 0 Å². The largest absolute Gasteiger partial charge is 0.362 e. The van der Waals surface area contributed by atoms with Gasteiger partial charge in [-0.1, -0.05) is 19.1 Å². The van der Waals surface area contributed by atoms with Crippen LogP contribution in [0.1, 0.15) is 13.3 Å². The molecule has 0 spiro atoms. The Kier molecular flexibility index (Phi) is 10.6. The molecular weight excluding hydrogens is 220 g/mol. The molecule has 2 nitrogen and oxygen atoms in total. The molecule has 0 rings (SSSR count). The molecule has 0 aromatic heterocycles. The van der Waals surface area contributed by atoms with E-state index < -0.39 is 0 Å². The maximum Gasteiger partial charge on any atom is 0.132 e. The average Bonchev–Trinajstić information content (AvgIpc) is 1.82. The average molecular weight is 231 g/mol. The molecule has 0 aliphatic carbocycles. The van der Waals surface area contributed by atoms with Gasteiger partial charge in [-0.05, 0) is 6.42 Å². The van der Waals surface area contributed by atoms with Crippen molar-refractivity contribution in [2.24, 2.45) is 0 Å². The first-order valence-corrected chi connectivity index (χ1v) is 3.58. The van der Waals surface area contributed by atoms with E-state index in [-0.39, 0.29) is 25.7 Å². The van der Waals surface area contributed by atoms with Crippen molar-refractivity contribution in [3.8, 4) is 0 Å². The Morgan fingerprint density at radius 3 is 2.40 bits per heavy atom. The van der Waals surface area contributed by atoms with E-state index in [4.69, 9.17) is 4.74 Å². The van der Waals surface area contributed by atoms with Crippen LogP contribution < -0.4 is 5.32 Å². The maximum atomic E-state index is 4.96. The van der Waals surface area contributed by atoms with Crippen molar-refractivity contribution in [3.05, 3.63) is 0 Å². The summed E-state index contributed by atoms with van der Waals surface area (Å²) in [5.74, 6) is 0. The van der Waals surface area contributed by atoms with E-state index in [0.29, 0.717) is 4.32 Å². The Bertz CT molecular complexity index is 97.6. The summed E-state index contributed by atoms with van der Waals surface area (Å²) < 4.78 is 5.44. The molecule has 0 amide bonds. The Balaban J connectivity index is 0. The topological polar surface area (TPSA) is 21.3 Å². The fourth-order valence-corrected chi connectivity index (χ4v) is 0.741. The first-order chi connectivity index (χ1) is 4.20. The summed E-state index contributed by atoms with van der Waals surface area (Å²) in [5.41, 5.74) is 0. The molecule has 0 aliphatic heterocycles. The second-order valence-corrected chi connectivity index (χ2v) is 2.74. The van der Waals surface area contributed by atoms with Crippen molar-refractivity contribution < 1.29 is 24.2 Å². The zero-order chi connectivity index (χ0) is 7.28. The molecule has 0 bridgehead atoms. The van der Waals surface area contributed by atoms with Crippen LogP contribution in [0, 0.1) is 0 Å². The van der Waals surface area contributed by atoms with Crippen LogP contribution in [0.15, 0.2) is 0 Å². The van der Waals surface area contributed by atoms with Crippen molar-refractivity contribution in [2.75, 3.05) is 7.11 Å². The molecule has 10 heavy (non-hydrogen) atoms. The molecule has 0 aliphatic rings. The van der Waals surface area contributed by atoms with Gasteiger partial charge in [-0.25, -0.2) is 0 Å². The molecule has 0 radical (unpaired) electrons. The van der Waals surface area contributed by atoms with Crippen LogP contribution in [-0.2, 0) is 24.2 Å². The number of methoxy groups -OCH3 is 1. The van der Waals surface area contributed by atoms with Crippen molar-refractivity contribution in [2.45, 2.75) is 19.6 Å². The number of nitrogens with one attached hydrogen (secondary N) is 1. The minimum atomic E-state index is 0. The van der Waals surface area contributed by atoms with Gasteiger partial charge in [0.05, 0.1) is 0 Å². The quantitative estimate of drug-likeness (QED) is 0.329. The summed E-state index contributed by atoms with van der Waals surface area (Å²) in [7, 11) is 1.63. The molecule has 0 saturated carbocycles. The second kappa shape index (κ2) is 7.93. The molecule has 0 saturated heterocycles. The zero-order valence-electron chi connectivity index (χ0n) is 6.26. The van der Waals surface area contributed by atoms with Crippen LogP contribution in [0.3, 0.4) is 0 Å². The molecule has 0 aromatic rings. The predicted molar refractivity (Wildman–Crippen MR) is 45.8 cm³/mol. The number of rotatable bonds is 3. The normalized spacial score (nSPS) is 11.5. The predicted octanol–water partition coefficient (Wildman–Crippen LogP) is 1.17. The summed E-state index contributed by atoms with van der Waals surface area (Å²) in [6.07, 6.45) is 0.895. The Hall–Kier alpha value is 0.823. The minimum absolute atomic E-state index is 0. The maximum absolute atomic E-state index is 4.96. The molecule has 0 aromatic carbocycles. The van der Waals surface area contributed by atoms with E-state index in [9.17, 15) is 0 Å². The number of thiol groups is 1. The van der Waals surface area contributed by atoms with Crippen molar-refractivity contribution in [1.29, 1.82) is 0 Å². The van der Waals surface area contributed by atoms with Crippen molar-refractivity contribution in [1.82, 2.24) is 5.32 Å². The third-order valence-corrected chi connectivity index (χ3v) is 1.19. The van der Waals surface area contributed by atoms with Gasteiger partial charge < -0.3 is 10.1 Å². The van der Waals surface area contributed by atoms with Gasteiger partial charge in [0.1, 0.15) is 10.5 Å². The number of ether oxygens (including phenoxy) is 1. The van der Waals surface area contributed by atoms with E-state index >= 15 is 0 Å². The molecular formula is C5H11NOS2Zn. The van der Waals surface area contributed by atoms with Crippen molar-refractivity contribution >= 4 is 29.2 Å². The first kappa shape index (κ1) is 13.4. The first-order valence-electron chi connectivity index (χ1n) is 2.73. The molecule has 56 valence electrons. The second-order valence-electron chi connectivity index (χ2n) is 1.58. The van der Waals surface area contributed by atoms with Crippen LogP contribution in [0.25, 0.3) is 0 Å². The van der Waals surface area contributed by atoms with Crippen LogP contribution in [0.4, 0.5) is 0 Å². The summed E-state index contributed by atoms with van der Waals surface area (Å²) in [4.78, 5) is 0. The summed E-state index contributed by atoms with van der Waals surface area (Å²) in [6.45, 7) is 2.01. The fourth-order valence-electron chi connectivity index (χ4n) is 0.465. The van der Waals surface area contributed by atoms with Crippen LogP contribution in [-0.4, -0.2) is 17.7 Å². The van der Waals surface area contributed by atoms with Gasteiger partial charge in [-0.3, -0.25) is 0 Å². The molecule has 1 atom stereocenters. The Morgan fingerprint density at radius 1 is 1.80 bits per heavy atom. The Morgan fingerprint density at radius 2 is 2.30 bits per heavy atom. The summed E-state index contributed by atoms with van der Waals surface area (Å²) in [6, 6.07) is 0. The standard InChI is InChI=1S/C5H11NOS2.Zn/c1-3-4(7-2)6-5(8)9;/h4H,3H2,1-2H3,(H2,6,8,9);. The van der Waals surface area contributed by atoms with Gasteiger partial charge in [-0.15, -0.1) is 12.6 Å². The summed E-state index contributed by atoms with van der Waals surface area (Å²) in [5, 5.41) is 2.85. The monoisotopic (exact) mass is 229 g/mol. The van der Waals surface area contributed by atoms with Gasteiger partial charge in [-0.2, -0.15) is 0 Å². The van der Waals surface area contributed by atoms with Gasteiger partial charge >= 0.3 is 0 Å². The molecule has 1 unspecified atom stereocenters. The van der Waals surface area contributed by atoms with Gasteiger partial charge in [0.2, 0.25) is 0 Å². The third kappa shape index (κ3) is 6.94. The number of thiocarbonyl (C=S) groups is 1. The van der Waals surface area contributed by atoms with E-state index in [2.05, 4.69) is 30.2 Å². The van der Waals surface area contributed by atoms with Gasteiger partial charge in [0, 0.05) is 26.6 Å². The number of hydrogen-bond acceptors (Lipinski definition) is 2. The zero-order valence-corrected chi connectivity index (χ0v) is 10.9. The summed E-state index contributed by atoms with van der Waals surface area (Å²) >= 11 is 8.56. The van der Waals surface area contributed by atoms with Crippen LogP contribution >= 0.6 is 24.8 Å². The number of hydrogen-bond donors (Lipinski definition) is 2. The molecule has 0 heterocycles. The molecule has 0 fully saturated rings.